The molecule has 4 nitrogen and oxygen atoms in total. The molecule has 144 valence electrons. The van der Waals surface area contributed by atoms with E-state index in [0.717, 1.165) is 11.1 Å². The van der Waals surface area contributed by atoms with Crippen molar-refractivity contribution in [1.82, 2.24) is 0 Å². The third-order valence-electron chi connectivity index (χ3n) is 4.50. The van der Waals surface area contributed by atoms with Crippen molar-refractivity contribution in [3.63, 3.8) is 0 Å². The third-order valence-corrected chi connectivity index (χ3v) is 7.00. The molecule has 0 radical (unpaired) electrons. The Kier molecular flexibility index (Phi) is 6.45. The third kappa shape index (κ3) is 4.59. The van der Waals surface area contributed by atoms with Crippen molar-refractivity contribution in [3.8, 4) is 0 Å². The van der Waals surface area contributed by atoms with E-state index in [1.54, 1.807) is 24.3 Å². The fourth-order valence-corrected chi connectivity index (χ4v) is 5.16. The molecular formula is C23H23O4P. The second-order valence-electron chi connectivity index (χ2n) is 6.51. The predicted octanol–water partition coefficient (Wildman–Crippen LogP) is 4.54. The Morgan fingerprint density at radius 3 is 1.82 bits per heavy atom. The molecule has 3 rings (SSSR count). The second-order valence-corrected chi connectivity index (χ2v) is 8.85. The topological polar surface area (TPSA) is 52.6 Å². The van der Waals surface area contributed by atoms with Crippen LogP contribution in [0.3, 0.4) is 0 Å². The van der Waals surface area contributed by atoms with Gasteiger partial charge in [-0.05, 0) is 36.8 Å². The minimum absolute atomic E-state index is 0.0246. The molecule has 0 N–H and O–H groups in total. The highest BCUT2D eigenvalue weighted by Crippen LogP contribution is 2.49. The summed E-state index contributed by atoms with van der Waals surface area (Å²) in [7, 11) is -2.10. The Bertz CT molecular complexity index is 909. The van der Waals surface area contributed by atoms with E-state index in [2.05, 4.69) is 0 Å². The normalized spacial score (nSPS) is 12.4. The van der Waals surface area contributed by atoms with Crippen LogP contribution < -0.4 is 10.6 Å². The van der Waals surface area contributed by atoms with Crippen molar-refractivity contribution in [2.24, 2.45) is 0 Å². The fraction of sp³-hybridized carbons (Fsp3) is 0.174. The predicted molar refractivity (Wildman–Crippen MR) is 111 cm³/mol. The Balaban J connectivity index is 2.06. The van der Waals surface area contributed by atoms with Crippen molar-refractivity contribution in [2.45, 2.75) is 19.4 Å². The van der Waals surface area contributed by atoms with Crippen LogP contribution in [0.2, 0.25) is 0 Å². The van der Waals surface area contributed by atoms with Gasteiger partial charge in [-0.25, -0.2) is 0 Å². The average molecular weight is 394 g/mol. The molecule has 0 aliphatic rings. The van der Waals surface area contributed by atoms with Gasteiger partial charge in [-0.2, -0.15) is 0 Å². The number of ether oxygens (including phenoxy) is 1. The first-order valence-corrected chi connectivity index (χ1v) is 10.7. The first-order chi connectivity index (χ1) is 13.5. The van der Waals surface area contributed by atoms with Gasteiger partial charge in [-0.3, -0.25) is 9.36 Å². The molecule has 3 aromatic carbocycles. The van der Waals surface area contributed by atoms with Gasteiger partial charge in [0.15, 0.2) is 0 Å². The maximum atomic E-state index is 14.2. The van der Waals surface area contributed by atoms with Crippen molar-refractivity contribution < 1.29 is 18.6 Å². The number of rotatable bonds is 7. The van der Waals surface area contributed by atoms with Gasteiger partial charge < -0.3 is 9.26 Å². The first-order valence-electron chi connectivity index (χ1n) is 9.06. The Morgan fingerprint density at radius 2 is 1.36 bits per heavy atom. The number of hydrogen-bond donors (Lipinski definition) is 0. The number of benzene rings is 3. The Labute approximate surface area is 165 Å². The Hall–Kier alpha value is -2.68. The molecule has 0 fully saturated rings. The molecule has 1 atom stereocenters. The minimum atomic E-state index is -3.43. The lowest BCUT2D eigenvalue weighted by molar-refractivity contribution is -0.142. The molecule has 0 aliphatic carbocycles. The van der Waals surface area contributed by atoms with Gasteiger partial charge in [-0.15, -0.1) is 0 Å². The van der Waals surface area contributed by atoms with Crippen LogP contribution in [0.4, 0.5) is 0 Å². The zero-order chi connectivity index (χ0) is 20.0. The maximum Gasteiger partial charge on any atom is 0.308 e. The summed E-state index contributed by atoms with van der Waals surface area (Å²) < 4.78 is 25.3. The van der Waals surface area contributed by atoms with Crippen LogP contribution in [0, 0.1) is 6.92 Å². The molecule has 0 bridgehead atoms. The zero-order valence-electron chi connectivity index (χ0n) is 15.9. The molecule has 1 unspecified atom stereocenters. The summed E-state index contributed by atoms with van der Waals surface area (Å²) in [5.41, 5.74) is 1.87. The SMILES string of the molecule is COC(=O)CC(OP(=O)(c1ccccc1)c1ccccc1)c1ccc(C)cc1. The highest BCUT2D eigenvalue weighted by atomic mass is 31.2. The molecule has 0 amide bonds. The van der Waals surface area contributed by atoms with Crippen molar-refractivity contribution in [2.75, 3.05) is 7.11 Å². The molecule has 0 saturated heterocycles. The van der Waals surface area contributed by atoms with Gasteiger partial charge >= 0.3 is 5.97 Å². The number of esters is 1. The molecular weight excluding hydrogens is 371 g/mol. The highest BCUT2D eigenvalue weighted by molar-refractivity contribution is 7.74. The number of carbonyl (C=O) groups is 1. The van der Waals surface area contributed by atoms with Gasteiger partial charge in [0.05, 0.1) is 13.5 Å². The summed E-state index contributed by atoms with van der Waals surface area (Å²) in [6.45, 7) is 1.98. The van der Waals surface area contributed by atoms with Crippen LogP contribution in [-0.2, 0) is 18.6 Å². The van der Waals surface area contributed by atoms with Crippen LogP contribution >= 0.6 is 7.37 Å². The van der Waals surface area contributed by atoms with Gasteiger partial charge in [-0.1, -0.05) is 66.2 Å². The molecule has 0 spiro atoms. The van der Waals surface area contributed by atoms with Crippen LogP contribution in [0.1, 0.15) is 23.7 Å². The molecule has 5 heteroatoms. The van der Waals surface area contributed by atoms with E-state index in [0.29, 0.717) is 10.6 Å². The van der Waals surface area contributed by atoms with Crippen LogP contribution in [0.15, 0.2) is 84.9 Å². The summed E-state index contributed by atoms with van der Waals surface area (Å²) in [6, 6.07) is 25.9. The first kappa shape index (κ1) is 20.1. The summed E-state index contributed by atoms with van der Waals surface area (Å²) in [5.74, 6) is -0.418. The Morgan fingerprint density at radius 1 is 0.857 bits per heavy atom. The summed E-state index contributed by atoms with van der Waals surface area (Å²) >= 11 is 0. The van der Waals surface area contributed by atoms with Crippen molar-refractivity contribution >= 4 is 23.9 Å². The molecule has 0 aromatic heterocycles. The van der Waals surface area contributed by atoms with E-state index >= 15 is 0 Å². The van der Waals surface area contributed by atoms with Gasteiger partial charge in [0.2, 0.25) is 0 Å². The number of hydrogen-bond acceptors (Lipinski definition) is 4. The van der Waals surface area contributed by atoms with E-state index in [1.165, 1.54) is 7.11 Å². The lowest BCUT2D eigenvalue weighted by Gasteiger charge is -2.25. The second kappa shape index (κ2) is 9.01. The smallest absolute Gasteiger partial charge is 0.308 e. The van der Waals surface area contributed by atoms with Crippen LogP contribution in [-0.4, -0.2) is 13.1 Å². The number of methoxy groups -OCH3 is 1. The summed E-state index contributed by atoms with van der Waals surface area (Å²) in [4.78, 5) is 12.0. The van der Waals surface area contributed by atoms with E-state index in [4.69, 9.17) is 9.26 Å². The largest absolute Gasteiger partial charge is 0.469 e. The average Bonchev–Trinajstić information content (AvgIpc) is 2.75. The number of carbonyl (C=O) groups excluding carboxylic acids is 1. The van der Waals surface area contributed by atoms with E-state index in [9.17, 15) is 9.36 Å². The highest BCUT2D eigenvalue weighted by Gasteiger charge is 2.33. The van der Waals surface area contributed by atoms with Gasteiger partial charge in [0.1, 0.15) is 6.10 Å². The van der Waals surface area contributed by atoms with Crippen molar-refractivity contribution in [3.05, 3.63) is 96.1 Å². The van der Waals surface area contributed by atoms with Crippen molar-refractivity contribution in [1.29, 1.82) is 0 Å². The quantitative estimate of drug-likeness (QED) is 0.436. The summed E-state index contributed by atoms with van der Waals surface area (Å²) in [6.07, 6.45) is -0.720. The number of aryl methyl sites for hydroxylation is 1. The van der Waals surface area contributed by atoms with Gasteiger partial charge in [0.25, 0.3) is 7.37 Å². The van der Waals surface area contributed by atoms with E-state index in [-0.39, 0.29) is 6.42 Å². The van der Waals surface area contributed by atoms with E-state index in [1.807, 2.05) is 67.6 Å². The zero-order valence-corrected chi connectivity index (χ0v) is 16.8. The van der Waals surface area contributed by atoms with Gasteiger partial charge in [0, 0.05) is 10.6 Å². The molecule has 28 heavy (non-hydrogen) atoms. The molecule has 0 saturated carbocycles. The molecule has 0 heterocycles. The lowest BCUT2D eigenvalue weighted by Crippen LogP contribution is -2.21. The fourth-order valence-electron chi connectivity index (χ4n) is 2.93. The lowest BCUT2D eigenvalue weighted by atomic mass is 10.1. The summed E-state index contributed by atoms with van der Waals surface area (Å²) in [5, 5.41) is 1.17. The molecule has 0 aliphatic heterocycles. The van der Waals surface area contributed by atoms with E-state index < -0.39 is 19.4 Å². The monoisotopic (exact) mass is 394 g/mol. The maximum absolute atomic E-state index is 14.2. The minimum Gasteiger partial charge on any atom is -0.469 e. The van der Waals surface area contributed by atoms with Crippen LogP contribution in [0.5, 0.6) is 0 Å². The molecule has 3 aromatic rings. The van der Waals surface area contributed by atoms with Crippen LogP contribution in [0.25, 0.3) is 0 Å². The standard InChI is InChI=1S/C23H23O4P/c1-18-13-15-19(16-14-18)22(17-23(24)26-2)27-28(25,20-9-5-3-6-10-20)21-11-7-4-8-12-21/h3-16,22H,17H2,1-2H3.